The minimum absolute atomic E-state index is 0.540. The van der Waals surface area contributed by atoms with Crippen molar-refractivity contribution in [1.82, 2.24) is 4.57 Å². The van der Waals surface area contributed by atoms with Crippen LogP contribution in [0.4, 0.5) is 0 Å². The van der Waals surface area contributed by atoms with Gasteiger partial charge in [-0.1, -0.05) is 19.9 Å². The Labute approximate surface area is 109 Å². The average molecular weight is 240 g/mol. The standard InChI is InChI=1S/C16H20N2/c1-11(2)13-7-8-16-15(10-13)14(6-5-9-17)12(3)18(16)4/h7-8,10-11H,5-6H2,1-4H3. The molecule has 0 spiro atoms. The zero-order valence-corrected chi connectivity index (χ0v) is 11.6. The van der Waals surface area contributed by atoms with Crippen LogP contribution in [0.3, 0.4) is 0 Å². The molecule has 0 atom stereocenters. The van der Waals surface area contributed by atoms with Crippen LogP contribution in [0, 0.1) is 18.3 Å². The van der Waals surface area contributed by atoms with E-state index in [1.165, 1.54) is 27.7 Å². The third kappa shape index (κ3) is 2.01. The van der Waals surface area contributed by atoms with Crippen molar-refractivity contribution < 1.29 is 0 Å². The smallest absolute Gasteiger partial charge is 0.0625 e. The number of nitrogens with zero attached hydrogens (tertiary/aromatic N) is 2. The lowest BCUT2D eigenvalue weighted by molar-refractivity contribution is 0.867. The number of hydrogen-bond donors (Lipinski definition) is 0. The van der Waals surface area contributed by atoms with E-state index in [1.807, 2.05) is 0 Å². The summed E-state index contributed by atoms with van der Waals surface area (Å²) in [5.74, 6) is 0.540. The van der Waals surface area contributed by atoms with E-state index in [9.17, 15) is 0 Å². The summed E-state index contributed by atoms with van der Waals surface area (Å²) in [5, 5.41) is 10.1. The molecule has 2 heteroatoms. The van der Waals surface area contributed by atoms with Crippen LogP contribution in [0.15, 0.2) is 18.2 Å². The number of aryl methyl sites for hydroxylation is 2. The van der Waals surface area contributed by atoms with E-state index < -0.39 is 0 Å². The van der Waals surface area contributed by atoms with Gasteiger partial charge in [-0.15, -0.1) is 0 Å². The van der Waals surface area contributed by atoms with Gasteiger partial charge in [0.15, 0.2) is 0 Å². The lowest BCUT2D eigenvalue weighted by atomic mass is 9.99. The van der Waals surface area contributed by atoms with Crippen molar-refractivity contribution in [2.45, 2.75) is 39.5 Å². The van der Waals surface area contributed by atoms with Gasteiger partial charge in [0.05, 0.1) is 6.07 Å². The highest BCUT2D eigenvalue weighted by Crippen LogP contribution is 2.29. The molecule has 1 aromatic heterocycles. The van der Waals surface area contributed by atoms with Gasteiger partial charge in [0, 0.05) is 30.1 Å². The minimum Gasteiger partial charge on any atom is -0.348 e. The predicted molar refractivity (Wildman–Crippen MR) is 75.7 cm³/mol. The number of nitriles is 1. The molecular formula is C16H20N2. The van der Waals surface area contributed by atoms with Gasteiger partial charge >= 0.3 is 0 Å². The summed E-state index contributed by atoms with van der Waals surface area (Å²) in [6, 6.07) is 8.95. The molecule has 1 aromatic carbocycles. The van der Waals surface area contributed by atoms with Crippen molar-refractivity contribution in [1.29, 1.82) is 5.26 Å². The number of benzene rings is 1. The van der Waals surface area contributed by atoms with Gasteiger partial charge in [-0.05, 0) is 42.5 Å². The Morgan fingerprint density at radius 2 is 2.06 bits per heavy atom. The van der Waals surface area contributed by atoms with E-state index in [4.69, 9.17) is 5.26 Å². The third-order valence-electron chi connectivity index (χ3n) is 3.80. The Balaban J connectivity index is 2.63. The summed E-state index contributed by atoms with van der Waals surface area (Å²) in [4.78, 5) is 0. The summed E-state index contributed by atoms with van der Waals surface area (Å²) < 4.78 is 2.23. The Morgan fingerprint density at radius 3 is 2.67 bits per heavy atom. The van der Waals surface area contributed by atoms with Crippen molar-refractivity contribution in [2.24, 2.45) is 7.05 Å². The fourth-order valence-corrected chi connectivity index (χ4v) is 2.52. The fourth-order valence-electron chi connectivity index (χ4n) is 2.52. The molecule has 0 aliphatic carbocycles. The average Bonchev–Trinajstić information content (AvgIpc) is 2.59. The first kappa shape index (κ1) is 12.7. The van der Waals surface area contributed by atoms with E-state index in [0.717, 1.165) is 6.42 Å². The zero-order valence-electron chi connectivity index (χ0n) is 11.6. The number of aromatic nitrogens is 1. The van der Waals surface area contributed by atoms with Crippen LogP contribution in [0.25, 0.3) is 10.9 Å². The van der Waals surface area contributed by atoms with Gasteiger partial charge in [0.25, 0.3) is 0 Å². The van der Waals surface area contributed by atoms with Crippen molar-refractivity contribution in [3.8, 4) is 6.07 Å². The molecule has 2 rings (SSSR count). The zero-order chi connectivity index (χ0) is 13.3. The molecule has 0 saturated carbocycles. The molecule has 0 unspecified atom stereocenters. The Bertz CT molecular complexity index is 612. The number of hydrogen-bond acceptors (Lipinski definition) is 1. The summed E-state index contributed by atoms with van der Waals surface area (Å²) >= 11 is 0. The Kier molecular flexibility index (Phi) is 3.43. The van der Waals surface area contributed by atoms with E-state index in [2.05, 4.69) is 56.7 Å². The summed E-state index contributed by atoms with van der Waals surface area (Å²) in [6.07, 6.45) is 1.44. The molecule has 0 fully saturated rings. The summed E-state index contributed by atoms with van der Waals surface area (Å²) in [6.45, 7) is 6.57. The van der Waals surface area contributed by atoms with E-state index in [-0.39, 0.29) is 0 Å². The normalized spacial score (nSPS) is 11.1. The quantitative estimate of drug-likeness (QED) is 0.795. The van der Waals surface area contributed by atoms with E-state index in [1.54, 1.807) is 0 Å². The molecule has 2 aromatic rings. The lowest BCUT2D eigenvalue weighted by Crippen LogP contribution is -1.92. The maximum absolute atomic E-state index is 8.78. The Hall–Kier alpha value is -1.75. The fraction of sp³-hybridized carbons (Fsp3) is 0.438. The second-order valence-electron chi connectivity index (χ2n) is 5.21. The van der Waals surface area contributed by atoms with Crippen LogP contribution in [0.2, 0.25) is 0 Å². The first-order valence-electron chi connectivity index (χ1n) is 6.51. The second kappa shape index (κ2) is 4.86. The highest BCUT2D eigenvalue weighted by molar-refractivity contribution is 5.86. The number of rotatable bonds is 3. The first-order chi connectivity index (χ1) is 8.56. The molecule has 18 heavy (non-hydrogen) atoms. The SMILES string of the molecule is Cc1c(CCC#N)c2cc(C(C)C)ccc2n1C. The first-order valence-corrected chi connectivity index (χ1v) is 6.51. The van der Waals surface area contributed by atoms with Crippen molar-refractivity contribution >= 4 is 10.9 Å². The van der Waals surface area contributed by atoms with E-state index in [0.29, 0.717) is 12.3 Å². The lowest BCUT2D eigenvalue weighted by Gasteiger charge is -2.06. The summed E-state index contributed by atoms with van der Waals surface area (Å²) in [7, 11) is 2.10. The van der Waals surface area contributed by atoms with Gasteiger partial charge < -0.3 is 4.57 Å². The molecular weight excluding hydrogens is 220 g/mol. The van der Waals surface area contributed by atoms with Gasteiger partial charge in [0.1, 0.15) is 0 Å². The topological polar surface area (TPSA) is 28.7 Å². The van der Waals surface area contributed by atoms with Crippen LogP contribution < -0.4 is 0 Å². The molecule has 0 aliphatic heterocycles. The van der Waals surface area contributed by atoms with Crippen molar-refractivity contribution in [3.63, 3.8) is 0 Å². The number of fused-ring (bicyclic) bond motifs is 1. The molecule has 0 N–H and O–H groups in total. The van der Waals surface area contributed by atoms with Crippen LogP contribution in [0.1, 0.15) is 43.0 Å². The largest absolute Gasteiger partial charge is 0.348 e. The van der Waals surface area contributed by atoms with E-state index >= 15 is 0 Å². The third-order valence-corrected chi connectivity index (χ3v) is 3.80. The molecule has 0 amide bonds. The molecule has 0 saturated heterocycles. The monoisotopic (exact) mass is 240 g/mol. The van der Waals surface area contributed by atoms with Gasteiger partial charge in [-0.3, -0.25) is 0 Å². The van der Waals surface area contributed by atoms with Crippen LogP contribution in [-0.4, -0.2) is 4.57 Å². The van der Waals surface area contributed by atoms with Crippen molar-refractivity contribution in [2.75, 3.05) is 0 Å². The molecule has 1 heterocycles. The van der Waals surface area contributed by atoms with Gasteiger partial charge in [-0.2, -0.15) is 5.26 Å². The highest BCUT2D eigenvalue weighted by Gasteiger charge is 2.12. The van der Waals surface area contributed by atoms with Crippen LogP contribution in [0.5, 0.6) is 0 Å². The maximum atomic E-state index is 8.78. The Morgan fingerprint density at radius 1 is 1.33 bits per heavy atom. The van der Waals surface area contributed by atoms with Gasteiger partial charge in [0.2, 0.25) is 0 Å². The van der Waals surface area contributed by atoms with Gasteiger partial charge in [-0.25, -0.2) is 0 Å². The minimum atomic E-state index is 0.540. The van der Waals surface area contributed by atoms with Crippen LogP contribution in [-0.2, 0) is 13.5 Å². The molecule has 0 aliphatic rings. The van der Waals surface area contributed by atoms with Crippen molar-refractivity contribution in [3.05, 3.63) is 35.0 Å². The second-order valence-corrected chi connectivity index (χ2v) is 5.21. The maximum Gasteiger partial charge on any atom is 0.0625 e. The molecule has 0 radical (unpaired) electrons. The highest BCUT2D eigenvalue weighted by atomic mass is 14.9. The predicted octanol–water partition coefficient (Wildman–Crippen LogP) is 4.07. The molecule has 0 bridgehead atoms. The summed E-state index contributed by atoms with van der Waals surface area (Å²) in [5.41, 5.74) is 5.24. The molecule has 94 valence electrons. The van der Waals surface area contributed by atoms with Crippen LogP contribution >= 0.6 is 0 Å². The molecule has 2 nitrogen and oxygen atoms in total.